The van der Waals surface area contributed by atoms with Crippen molar-refractivity contribution in [1.82, 2.24) is 4.57 Å². The summed E-state index contributed by atoms with van der Waals surface area (Å²) in [5.41, 5.74) is 17.1. The molecule has 1 aliphatic rings. The number of hydrogen-bond donors (Lipinski definition) is 0. The van der Waals surface area contributed by atoms with Gasteiger partial charge in [-0.1, -0.05) is 159 Å². The average molecular weight is 679 g/mol. The molecule has 0 saturated carbocycles. The van der Waals surface area contributed by atoms with Gasteiger partial charge < -0.3 is 9.47 Å². The van der Waals surface area contributed by atoms with E-state index in [9.17, 15) is 0 Å². The third-order valence-corrected chi connectivity index (χ3v) is 11.2. The lowest BCUT2D eigenvalue weighted by Crippen LogP contribution is -2.15. The minimum atomic E-state index is -0.0829. The van der Waals surface area contributed by atoms with Crippen LogP contribution in [0.1, 0.15) is 25.0 Å². The summed E-state index contributed by atoms with van der Waals surface area (Å²) in [5.74, 6) is 0. The van der Waals surface area contributed by atoms with Crippen LogP contribution in [0.15, 0.2) is 194 Å². The molecule has 0 unspecified atom stereocenters. The summed E-state index contributed by atoms with van der Waals surface area (Å²) in [6.07, 6.45) is 0. The Morgan fingerprint density at radius 3 is 1.58 bits per heavy atom. The van der Waals surface area contributed by atoms with Crippen LogP contribution in [0.2, 0.25) is 0 Å². The number of aromatic nitrogens is 1. The third-order valence-electron chi connectivity index (χ3n) is 11.2. The summed E-state index contributed by atoms with van der Waals surface area (Å²) >= 11 is 0. The number of benzene rings is 8. The van der Waals surface area contributed by atoms with Gasteiger partial charge >= 0.3 is 0 Å². The summed E-state index contributed by atoms with van der Waals surface area (Å²) < 4.78 is 2.50. The molecule has 0 saturated heterocycles. The fourth-order valence-corrected chi connectivity index (χ4v) is 8.66. The zero-order valence-corrected chi connectivity index (χ0v) is 29.9. The summed E-state index contributed by atoms with van der Waals surface area (Å²) in [6.45, 7) is 4.71. The first kappa shape index (κ1) is 31.1. The molecule has 1 aliphatic carbocycles. The molecule has 53 heavy (non-hydrogen) atoms. The second-order valence-electron chi connectivity index (χ2n) is 14.6. The molecule has 1 heterocycles. The Hall–Kier alpha value is -6.64. The molecule has 0 radical (unpaired) electrons. The molecule has 2 heteroatoms. The Morgan fingerprint density at radius 2 is 0.925 bits per heavy atom. The summed E-state index contributed by atoms with van der Waals surface area (Å²) in [5, 5.41) is 2.46. The average Bonchev–Trinajstić information content (AvgIpc) is 3.68. The van der Waals surface area contributed by atoms with E-state index < -0.39 is 0 Å². The summed E-state index contributed by atoms with van der Waals surface area (Å²) in [7, 11) is 0. The van der Waals surface area contributed by atoms with Crippen molar-refractivity contribution in [3.8, 4) is 39.1 Å². The molecule has 0 N–H and O–H groups in total. The van der Waals surface area contributed by atoms with E-state index in [0.717, 1.165) is 17.1 Å². The number of hydrogen-bond acceptors (Lipinski definition) is 1. The quantitative estimate of drug-likeness (QED) is 0.170. The Morgan fingerprint density at radius 1 is 0.415 bits per heavy atom. The van der Waals surface area contributed by atoms with Gasteiger partial charge in [0, 0.05) is 33.1 Å². The van der Waals surface area contributed by atoms with Crippen molar-refractivity contribution < 1.29 is 0 Å². The fraction of sp³-hybridized carbons (Fsp3) is 0.0588. The lowest BCUT2D eigenvalue weighted by molar-refractivity contribution is 0.660. The topological polar surface area (TPSA) is 8.17 Å². The Bertz CT molecular complexity index is 2690. The molecule has 2 nitrogen and oxygen atoms in total. The van der Waals surface area contributed by atoms with Crippen LogP contribution in [0.3, 0.4) is 0 Å². The van der Waals surface area contributed by atoms with Crippen LogP contribution in [0.4, 0.5) is 17.1 Å². The molecule has 0 atom stereocenters. The van der Waals surface area contributed by atoms with Gasteiger partial charge in [-0.2, -0.15) is 0 Å². The molecule has 0 bridgehead atoms. The van der Waals surface area contributed by atoms with Gasteiger partial charge in [-0.3, -0.25) is 0 Å². The Balaban J connectivity index is 1.21. The second-order valence-corrected chi connectivity index (χ2v) is 14.6. The summed E-state index contributed by atoms with van der Waals surface area (Å²) in [6, 6.07) is 70.7. The van der Waals surface area contributed by atoms with Crippen molar-refractivity contribution >= 4 is 38.9 Å². The van der Waals surface area contributed by atoms with Crippen molar-refractivity contribution in [1.29, 1.82) is 0 Å². The van der Waals surface area contributed by atoms with Crippen molar-refractivity contribution in [2.24, 2.45) is 0 Å². The van der Waals surface area contributed by atoms with Crippen LogP contribution in [0.5, 0.6) is 0 Å². The molecule has 9 aromatic rings. The molecular weight excluding hydrogens is 641 g/mol. The van der Waals surface area contributed by atoms with E-state index in [2.05, 4.69) is 217 Å². The van der Waals surface area contributed by atoms with Gasteiger partial charge in [0.15, 0.2) is 0 Å². The molecule has 0 fully saturated rings. The highest BCUT2D eigenvalue weighted by molar-refractivity contribution is 6.17. The van der Waals surface area contributed by atoms with Gasteiger partial charge in [-0.05, 0) is 87.5 Å². The van der Waals surface area contributed by atoms with E-state index in [1.54, 1.807) is 0 Å². The number of rotatable bonds is 6. The third kappa shape index (κ3) is 4.94. The zero-order valence-electron chi connectivity index (χ0n) is 29.9. The Kier molecular flexibility index (Phi) is 7.19. The largest absolute Gasteiger partial charge is 0.310 e. The van der Waals surface area contributed by atoms with Gasteiger partial charge in [-0.15, -0.1) is 0 Å². The van der Waals surface area contributed by atoms with Crippen LogP contribution in [-0.4, -0.2) is 4.57 Å². The molecule has 0 amide bonds. The normalized spacial score (nSPS) is 12.9. The van der Waals surface area contributed by atoms with Crippen molar-refractivity contribution in [3.63, 3.8) is 0 Å². The van der Waals surface area contributed by atoms with Crippen molar-refractivity contribution in [2.75, 3.05) is 4.90 Å². The van der Waals surface area contributed by atoms with Crippen LogP contribution in [-0.2, 0) is 5.41 Å². The monoisotopic (exact) mass is 678 g/mol. The van der Waals surface area contributed by atoms with Gasteiger partial charge in [0.1, 0.15) is 0 Å². The molecule has 10 rings (SSSR count). The van der Waals surface area contributed by atoms with E-state index in [4.69, 9.17) is 0 Å². The molecule has 1 aromatic heterocycles. The van der Waals surface area contributed by atoms with Crippen LogP contribution in [0.25, 0.3) is 60.9 Å². The minimum Gasteiger partial charge on any atom is -0.310 e. The van der Waals surface area contributed by atoms with Crippen molar-refractivity contribution in [3.05, 3.63) is 205 Å². The first-order valence-corrected chi connectivity index (χ1v) is 18.4. The maximum atomic E-state index is 2.50. The lowest BCUT2D eigenvalue weighted by Gasteiger charge is -2.27. The number of anilines is 3. The second kappa shape index (κ2) is 12.3. The van der Waals surface area contributed by atoms with Gasteiger partial charge in [0.05, 0.1) is 22.4 Å². The van der Waals surface area contributed by atoms with E-state index in [-0.39, 0.29) is 5.41 Å². The van der Waals surface area contributed by atoms with Crippen LogP contribution in [0, 0.1) is 0 Å². The lowest BCUT2D eigenvalue weighted by atomic mass is 9.82. The predicted molar refractivity (Wildman–Crippen MR) is 224 cm³/mol. The highest BCUT2D eigenvalue weighted by Crippen LogP contribution is 2.52. The van der Waals surface area contributed by atoms with Crippen LogP contribution >= 0.6 is 0 Å². The molecule has 0 aliphatic heterocycles. The maximum absolute atomic E-state index is 2.50. The molecule has 8 aromatic carbocycles. The van der Waals surface area contributed by atoms with Crippen LogP contribution < -0.4 is 4.90 Å². The fourth-order valence-electron chi connectivity index (χ4n) is 8.66. The van der Waals surface area contributed by atoms with Gasteiger partial charge in [0.2, 0.25) is 0 Å². The Labute approximate surface area is 310 Å². The van der Waals surface area contributed by atoms with E-state index in [1.807, 2.05) is 0 Å². The maximum Gasteiger partial charge on any atom is 0.0562 e. The molecule has 252 valence electrons. The molecule has 0 spiro atoms. The van der Waals surface area contributed by atoms with Gasteiger partial charge in [-0.25, -0.2) is 0 Å². The van der Waals surface area contributed by atoms with Crippen molar-refractivity contribution in [2.45, 2.75) is 19.3 Å². The van der Waals surface area contributed by atoms with Gasteiger partial charge in [0.25, 0.3) is 0 Å². The zero-order chi connectivity index (χ0) is 35.5. The van der Waals surface area contributed by atoms with E-state index in [1.165, 1.54) is 72.0 Å². The SMILES string of the molecule is CC1(C)c2ccccc2-c2c(-n3c4ccccc4c4c(N(c5ccc(-c6ccccc6)cc5)c5ccc(-c6ccccc6)cc5)cccc43)cccc21. The minimum absolute atomic E-state index is 0.0829. The highest BCUT2D eigenvalue weighted by atomic mass is 15.1. The number of fused-ring (bicyclic) bond motifs is 6. The highest BCUT2D eigenvalue weighted by Gasteiger charge is 2.37. The summed E-state index contributed by atoms with van der Waals surface area (Å²) in [4.78, 5) is 2.43. The number of para-hydroxylation sites is 1. The first-order valence-electron chi connectivity index (χ1n) is 18.4. The number of nitrogens with zero attached hydrogens (tertiary/aromatic N) is 2. The molecular formula is C51H38N2. The van der Waals surface area contributed by atoms with E-state index in [0.29, 0.717) is 0 Å². The predicted octanol–water partition coefficient (Wildman–Crippen LogP) is 13.9. The van der Waals surface area contributed by atoms with E-state index >= 15 is 0 Å². The standard InChI is InChI=1S/C51H38N2/c1-51(2)43-21-11-9-19-41(43)49-44(51)22-13-24-46(49)53-45-23-12-10-20-42(45)50-47(25-14-26-48(50)53)52(39-31-27-37(28-32-39)35-15-5-3-6-16-35)40-33-29-38(30-34-40)36-17-7-4-8-18-36/h3-34H,1-2H3. The first-order chi connectivity index (χ1) is 26.1. The smallest absolute Gasteiger partial charge is 0.0562 e.